The smallest absolute Gasteiger partial charge is 0.251 e. The van der Waals surface area contributed by atoms with E-state index in [1.807, 2.05) is 18.2 Å². The fraction of sp³-hybridized carbons (Fsp3) is 0.462. The summed E-state index contributed by atoms with van der Waals surface area (Å²) in [6.45, 7) is 4.62. The van der Waals surface area contributed by atoms with E-state index in [0.717, 1.165) is 25.2 Å². The number of hydrogen-bond acceptors (Lipinski definition) is 3. The fourth-order valence-electron chi connectivity index (χ4n) is 1.86. The Morgan fingerprint density at radius 3 is 3.00 bits per heavy atom. The minimum atomic E-state index is 0.0283. The average Bonchev–Trinajstić information content (AvgIpc) is 2.82. The van der Waals surface area contributed by atoms with Crippen LogP contribution in [0.3, 0.4) is 0 Å². The van der Waals surface area contributed by atoms with Crippen molar-refractivity contribution < 1.29 is 4.79 Å². The summed E-state index contributed by atoms with van der Waals surface area (Å²) in [6.07, 6.45) is 2.05. The van der Waals surface area contributed by atoms with Crippen LogP contribution in [0.1, 0.15) is 28.4 Å². The number of carbonyl (C=O) groups excluding carboxylic acids is 1. The lowest BCUT2D eigenvalue weighted by molar-refractivity contribution is 0.0954. The summed E-state index contributed by atoms with van der Waals surface area (Å²) < 4.78 is 0. The standard InChI is InChI=1S/C13H18N2OS/c1-9(17-2)6-15-13(16)10-3-4-11-7-14-8-12(11)5-10/h3-5,9,14H,6-8H2,1-2H3,(H,15,16). The molecule has 4 heteroatoms. The molecule has 17 heavy (non-hydrogen) atoms. The van der Waals surface area contributed by atoms with Gasteiger partial charge in [-0.25, -0.2) is 0 Å². The van der Waals surface area contributed by atoms with Gasteiger partial charge < -0.3 is 10.6 Å². The maximum Gasteiger partial charge on any atom is 0.251 e. The lowest BCUT2D eigenvalue weighted by Crippen LogP contribution is -2.29. The molecule has 0 fully saturated rings. The molecule has 1 amide bonds. The first-order chi connectivity index (χ1) is 8.20. The number of fused-ring (bicyclic) bond motifs is 1. The quantitative estimate of drug-likeness (QED) is 0.855. The van der Waals surface area contributed by atoms with Gasteiger partial charge in [0.05, 0.1) is 0 Å². The SMILES string of the molecule is CSC(C)CNC(=O)c1ccc2c(c1)CNC2. The van der Waals surface area contributed by atoms with Crippen LogP contribution < -0.4 is 10.6 Å². The molecule has 1 heterocycles. The van der Waals surface area contributed by atoms with E-state index in [2.05, 4.69) is 23.8 Å². The largest absolute Gasteiger partial charge is 0.351 e. The predicted molar refractivity (Wildman–Crippen MR) is 72.3 cm³/mol. The molecule has 1 aliphatic rings. The van der Waals surface area contributed by atoms with Crippen LogP contribution in [0, 0.1) is 0 Å². The van der Waals surface area contributed by atoms with E-state index in [-0.39, 0.29) is 5.91 Å². The number of carbonyl (C=O) groups is 1. The van der Waals surface area contributed by atoms with Gasteiger partial charge in [0.15, 0.2) is 0 Å². The van der Waals surface area contributed by atoms with Gasteiger partial charge >= 0.3 is 0 Å². The molecule has 1 aromatic carbocycles. The fourth-order valence-corrected chi connectivity index (χ4v) is 2.11. The molecule has 2 rings (SSSR count). The van der Waals surface area contributed by atoms with Crippen molar-refractivity contribution in [3.05, 3.63) is 34.9 Å². The lowest BCUT2D eigenvalue weighted by Gasteiger charge is -2.10. The molecular weight excluding hydrogens is 232 g/mol. The lowest BCUT2D eigenvalue weighted by atomic mass is 10.1. The molecule has 0 aliphatic carbocycles. The first kappa shape index (κ1) is 12.5. The minimum Gasteiger partial charge on any atom is -0.351 e. The summed E-state index contributed by atoms with van der Waals surface area (Å²) >= 11 is 1.76. The molecule has 1 unspecified atom stereocenters. The Balaban J connectivity index is 2.00. The third kappa shape index (κ3) is 3.01. The van der Waals surface area contributed by atoms with Crippen molar-refractivity contribution in [2.45, 2.75) is 25.3 Å². The molecule has 0 bridgehead atoms. The Labute approximate surface area is 106 Å². The van der Waals surface area contributed by atoms with Gasteiger partial charge in [0.2, 0.25) is 0 Å². The van der Waals surface area contributed by atoms with Crippen LogP contribution in [0.4, 0.5) is 0 Å². The summed E-state index contributed by atoms with van der Waals surface area (Å²) in [5, 5.41) is 6.69. The molecule has 0 saturated carbocycles. The van der Waals surface area contributed by atoms with E-state index in [0.29, 0.717) is 5.25 Å². The van der Waals surface area contributed by atoms with Gasteiger partial charge in [0.25, 0.3) is 5.91 Å². The van der Waals surface area contributed by atoms with Gasteiger partial charge in [0, 0.05) is 30.4 Å². The minimum absolute atomic E-state index is 0.0283. The van der Waals surface area contributed by atoms with Crippen molar-refractivity contribution in [1.29, 1.82) is 0 Å². The molecule has 0 radical (unpaired) electrons. The average molecular weight is 250 g/mol. The van der Waals surface area contributed by atoms with Gasteiger partial charge in [-0.1, -0.05) is 13.0 Å². The summed E-state index contributed by atoms with van der Waals surface area (Å²) in [4.78, 5) is 11.9. The topological polar surface area (TPSA) is 41.1 Å². The Kier molecular flexibility index (Phi) is 4.07. The number of amides is 1. The van der Waals surface area contributed by atoms with Crippen LogP contribution >= 0.6 is 11.8 Å². The number of thioether (sulfide) groups is 1. The molecule has 0 saturated heterocycles. The van der Waals surface area contributed by atoms with Crippen molar-refractivity contribution in [3.63, 3.8) is 0 Å². The molecule has 2 N–H and O–H groups in total. The zero-order chi connectivity index (χ0) is 12.3. The highest BCUT2D eigenvalue weighted by molar-refractivity contribution is 7.99. The Morgan fingerprint density at radius 2 is 2.24 bits per heavy atom. The van der Waals surface area contributed by atoms with E-state index in [1.54, 1.807) is 11.8 Å². The highest BCUT2D eigenvalue weighted by Gasteiger charge is 2.13. The van der Waals surface area contributed by atoms with Gasteiger partial charge in [0.1, 0.15) is 0 Å². The van der Waals surface area contributed by atoms with E-state index in [1.165, 1.54) is 11.1 Å². The molecule has 0 spiro atoms. The molecule has 3 nitrogen and oxygen atoms in total. The zero-order valence-electron chi connectivity index (χ0n) is 10.2. The number of benzene rings is 1. The highest BCUT2D eigenvalue weighted by Crippen LogP contribution is 2.17. The number of rotatable bonds is 4. The van der Waals surface area contributed by atoms with Crippen LogP contribution in [0.25, 0.3) is 0 Å². The Bertz CT molecular complexity index is 420. The maximum atomic E-state index is 11.9. The van der Waals surface area contributed by atoms with Crippen LogP contribution in [-0.2, 0) is 13.1 Å². The van der Waals surface area contributed by atoms with Crippen molar-refractivity contribution >= 4 is 17.7 Å². The molecule has 92 valence electrons. The number of hydrogen-bond donors (Lipinski definition) is 2. The number of nitrogens with one attached hydrogen (secondary N) is 2. The van der Waals surface area contributed by atoms with Gasteiger partial charge in [-0.3, -0.25) is 4.79 Å². The van der Waals surface area contributed by atoms with Gasteiger partial charge in [-0.2, -0.15) is 11.8 Å². The van der Waals surface area contributed by atoms with Crippen LogP contribution in [-0.4, -0.2) is 24.0 Å². The van der Waals surface area contributed by atoms with Crippen LogP contribution in [0.5, 0.6) is 0 Å². The first-order valence-electron chi connectivity index (χ1n) is 5.84. The Hall–Kier alpha value is -1.00. The molecule has 1 aliphatic heterocycles. The van der Waals surface area contributed by atoms with Crippen molar-refractivity contribution in [3.8, 4) is 0 Å². The molecule has 0 aromatic heterocycles. The van der Waals surface area contributed by atoms with E-state index >= 15 is 0 Å². The van der Waals surface area contributed by atoms with Crippen molar-refractivity contribution in [1.82, 2.24) is 10.6 Å². The summed E-state index contributed by atoms with van der Waals surface area (Å²) in [5.41, 5.74) is 3.32. The summed E-state index contributed by atoms with van der Waals surface area (Å²) in [7, 11) is 0. The molecule has 1 atom stereocenters. The Morgan fingerprint density at radius 1 is 1.47 bits per heavy atom. The van der Waals surface area contributed by atoms with E-state index < -0.39 is 0 Å². The highest BCUT2D eigenvalue weighted by atomic mass is 32.2. The predicted octanol–water partition coefficient (Wildman–Crippen LogP) is 1.77. The van der Waals surface area contributed by atoms with E-state index in [9.17, 15) is 4.79 Å². The third-order valence-corrected chi connectivity index (χ3v) is 4.02. The van der Waals surface area contributed by atoms with Crippen LogP contribution in [0.15, 0.2) is 18.2 Å². The van der Waals surface area contributed by atoms with E-state index in [4.69, 9.17) is 0 Å². The van der Waals surface area contributed by atoms with Gasteiger partial charge in [-0.05, 0) is 29.5 Å². The zero-order valence-corrected chi connectivity index (χ0v) is 11.1. The third-order valence-electron chi connectivity index (χ3n) is 3.05. The first-order valence-corrected chi connectivity index (χ1v) is 7.13. The second kappa shape index (κ2) is 5.56. The van der Waals surface area contributed by atoms with Gasteiger partial charge in [-0.15, -0.1) is 0 Å². The van der Waals surface area contributed by atoms with Crippen molar-refractivity contribution in [2.75, 3.05) is 12.8 Å². The van der Waals surface area contributed by atoms with Crippen molar-refractivity contribution in [2.24, 2.45) is 0 Å². The summed E-state index contributed by atoms with van der Waals surface area (Å²) in [5.74, 6) is 0.0283. The monoisotopic (exact) mass is 250 g/mol. The maximum absolute atomic E-state index is 11.9. The molecule has 1 aromatic rings. The second-order valence-corrected chi connectivity index (χ2v) is 5.62. The van der Waals surface area contributed by atoms with Crippen LogP contribution in [0.2, 0.25) is 0 Å². The summed E-state index contributed by atoms with van der Waals surface area (Å²) in [6, 6.07) is 5.95. The normalized spacial score (nSPS) is 15.4. The molecular formula is C13H18N2OS. The second-order valence-electron chi connectivity index (χ2n) is 4.34.